The van der Waals surface area contributed by atoms with Crippen LogP contribution in [0.25, 0.3) is 0 Å². The number of aromatic nitrogens is 1. The van der Waals surface area contributed by atoms with Gasteiger partial charge in [-0.2, -0.15) is 13.2 Å². The topological polar surface area (TPSA) is 102 Å². The highest BCUT2D eigenvalue weighted by molar-refractivity contribution is 5.99. The quantitative estimate of drug-likeness (QED) is 0.444. The minimum Gasteiger partial charge on any atom is -0.369 e. The van der Waals surface area contributed by atoms with Crippen molar-refractivity contribution in [2.45, 2.75) is 56.5 Å². The lowest BCUT2D eigenvalue weighted by molar-refractivity contribution is -0.144. The van der Waals surface area contributed by atoms with Crippen LogP contribution < -0.4 is 11.5 Å². The van der Waals surface area contributed by atoms with Gasteiger partial charge >= 0.3 is 6.18 Å². The molecule has 1 aromatic heterocycles. The smallest absolute Gasteiger partial charge is 0.369 e. The lowest BCUT2D eigenvalue weighted by Gasteiger charge is -2.48. The number of primary amides is 2. The molecule has 1 saturated heterocycles. The van der Waals surface area contributed by atoms with Gasteiger partial charge < -0.3 is 16.4 Å². The van der Waals surface area contributed by atoms with E-state index in [9.17, 15) is 22.8 Å². The first-order valence-electron chi connectivity index (χ1n) is 12.1. The summed E-state index contributed by atoms with van der Waals surface area (Å²) in [6, 6.07) is 2.14. The molecule has 2 saturated carbocycles. The maximum absolute atomic E-state index is 13.4. The molecule has 5 rings (SSSR count). The highest BCUT2D eigenvalue weighted by atomic mass is 19.4. The van der Waals surface area contributed by atoms with E-state index in [1.807, 2.05) is 12.2 Å². The molecule has 1 aliphatic heterocycles. The Balaban J connectivity index is 1.57. The second-order valence-electron chi connectivity index (χ2n) is 10.5. The van der Waals surface area contributed by atoms with Crippen LogP contribution in [0.15, 0.2) is 30.5 Å². The molecule has 6 nitrogen and oxygen atoms in total. The summed E-state index contributed by atoms with van der Waals surface area (Å²) in [5, 5.41) is 0. The maximum Gasteiger partial charge on any atom is 0.433 e. The van der Waals surface area contributed by atoms with Crippen molar-refractivity contribution in [2.24, 2.45) is 34.1 Å². The molecule has 2 amide bonds. The average molecular weight is 477 g/mol. The fourth-order valence-corrected chi connectivity index (χ4v) is 7.63. The van der Waals surface area contributed by atoms with E-state index in [2.05, 4.69) is 9.88 Å². The number of hydrogen-bond acceptors (Lipinski definition) is 4. The van der Waals surface area contributed by atoms with Crippen molar-refractivity contribution in [3.8, 4) is 0 Å². The van der Waals surface area contributed by atoms with Gasteiger partial charge in [0.1, 0.15) is 5.69 Å². The van der Waals surface area contributed by atoms with Crippen LogP contribution in [0.3, 0.4) is 0 Å². The number of rotatable bonds is 8. The second-order valence-corrected chi connectivity index (χ2v) is 10.5. The molecule has 0 aromatic carbocycles. The van der Waals surface area contributed by atoms with Crippen LogP contribution in [0.5, 0.6) is 0 Å². The van der Waals surface area contributed by atoms with Crippen molar-refractivity contribution in [3.63, 3.8) is 0 Å². The molecule has 34 heavy (non-hydrogen) atoms. The minimum absolute atomic E-state index is 0.259. The van der Waals surface area contributed by atoms with Crippen LogP contribution >= 0.6 is 0 Å². The number of halogens is 3. The number of pyridine rings is 1. The van der Waals surface area contributed by atoms with E-state index >= 15 is 0 Å². The van der Waals surface area contributed by atoms with Gasteiger partial charge in [-0.15, -0.1) is 0 Å². The Bertz CT molecular complexity index is 1010. The molecule has 4 atom stereocenters. The summed E-state index contributed by atoms with van der Waals surface area (Å²) in [5.74, 6) is -1.96. The molecule has 1 aromatic rings. The van der Waals surface area contributed by atoms with Gasteiger partial charge in [0.15, 0.2) is 0 Å². The SMILES string of the molecule is NC(=O)[C@]1(CCCCN2CCCC2)[C@@H]2C=C[C@@H](C23CC3)[C@@]1(C(N)=O)c1ccc(C(F)(F)F)nc1. The zero-order valence-corrected chi connectivity index (χ0v) is 19.1. The predicted molar refractivity (Wildman–Crippen MR) is 119 cm³/mol. The second kappa shape index (κ2) is 7.80. The largest absolute Gasteiger partial charge is 0.433 e. The summed E-state index contributed by atoms with van der Waals surface area (Å²) < 4.78 is 39.6. The third-order valence-corrected chi connectivity index (χ3v) is 9.09. The van der Waals surface area contributed by atoms with Crippen LogP contribution in [-0.4, -0.2) is 41.3 Å². The number of unbranched alkanes of at least 4 members (excludes halogenated alkanes) is 1. The number of amides is 2. The summed E-state index contributed by atoms with van der Waals surface area (Å²) in [7, 11) is 0. The Morgan fingerprint density at radius 3 is 2.24 bits per heavy atom. The molecule has 3 aliphatic carbocycles. The number of carbonyl (C=O) groups excluding carboxylic acids is 2. The summed E-state index contributed by atoms with van der Waals surface area (Å²) in [6.45, 7) is 3.05. The lowest BCUT2D eigenvalue weighted by atomic mass is 9.52. The molecule has 4 N–H and O–H groups in total. The Morgan fingerprint density at radius 2 is 1.71 bits per heavy atom. The fraction of sp³-hybridized carbons (Fsp3) is 0.640. The van der Waals surface area contributed by atoms with Crippen LogP contribution in [-0.2, 0) is 21.2 Å². The van der Waals surface area contributed by atoms with E-state index in [1.54, 1.807) is 0 Å². The first-order valence-corrected chi connectivity index (χ1v) is 12.1. The van der Waals surface area contributed by atoms with Crippen LogP contribution in [0, 0.1) is 22.7 Å². The molecular formula is C25H31F3N4O2. The number of nitrogens with two attached hydrogens (primary N) is 2. The van der Waals surface area contributed by atoms with Gasteiger partial charge in [0.2, 0.25) is 11.8 Å². The van der Waals surface area contributed by atoms with Crippen LogP contribution in [0.2, 0.25) is 0 Å². The predicted octanol–water partition coefficient (Wildman–Crippen LogP) is 3.16. The third-order valence-electron chi connectivity index (χ3n) is 9.09. The van der Waals surface area contributed by atoms with E-state index in [0.717, 1.165) is 51.2 Å². The van der Waals surface area contributed by atoms with Crippen molar-refractivity contribution >= 4 is 11.8 Å². The Hall–Kier alpha value is -2.42. The maximum atomic E-state index is 13.4. The molecule has 0 radical (unpaired) electrons. The van der Waals surface area contributed by atoms with Gasteiger partial charge in [-0.25, -0.2) is 0 Å². The van der Waals surface area contributed by atoms with Gasteiger partial charge in [0.05, 0.1) is 10.8 Å². The van der Waals surface area contributed by atoms with Gasteiger partial charge in [0.25, 0.3) is 0 Å². The summed E-state index contributed by atoms with van der Waals surface area (Å²) in [4.78, 5) is 32.8. The number of nitrogens with zero attached hydrogens (tertiary/aromatic N) is 2. The van der Waals surface area contributed by atoms with E-state index < -0.39 is 34.5 Å². The normalized spacial score (nSPS) is 33.6. The number of allylic oxidation sites excluding steroid dienone is 2. The van der Waals surface area contributed by atoms with Crippen LogP contribution in [0.1, 0.15) is 56.2 Å². The van der Waals surface area contributed by atoms with Crippen molar-refractivity contribution < 1.29 is 22.8 Å². The summed E-state index contributed by atoms with van der Waals surface area (Å²) >= 11 is 0. The summed E-state index contributed by atoms with van der Waals surface area (Å²) in [5.41, 5.74) is 8.35. The molecule has 1 spiro atoms. The molecular weight excluding hydrogens is 445 g/mol. The zero-order chi connectivity index (χ0) is 24.4. The molecule has 3 fully saturated rings. The monoisotopic (exact) mass is 476 g/mol. The molecule has 2 heterocycles. The summed E-state index contributed by atoms with van der Waals surface area (Å²) in [6.07, 6.45) is 6.35. The Morgan fingerprint density at radius 1 is 1.03 bits per heavy atom. The van der Waals surface area contributed by atoms with Gasteiger partial charge in [0, 0.05) is 12.1 Å². The van der Waals surface area contributed by atoms with E-state index in [4.69, 9.17) is 11.5 Å². The van der Waals surface area contributed by atoms with Gasteiger partial charge in [-0.3, -0.25) is 14.6 Å². The highest BCUT2D eigenvalue weighted by Crippen LogP contribution is 2.80. The van der Waals surface area contributed by atoms with Crippen LogP contribution in [0.4, 0.5) is 13.2 Å². The lowest BCUT2D eigenvalue weighted by Crippen LogP contribution is -2.62. The standard InChI is InChI=1S/C25H31F3N4O2/c26-25(27,28)19-8-5-16(15-31-19)24(21(30)34)18-7-6-17(22(18)10-11-22)23(24,20(29)33)9-1-2-12-32-13-3-4-14-32/h5-8,15,17-18H,1-4,9-14H2,(H2,29,33)(H2,30,34)/t17-,18+,23+,24-/m1/s1. The van der Waals surface area contributed by atoms with E-state index in [1.165, 1.54) is 18.9 Å². The molecule has 9 heteroatoms. The molecule has 2 bridgehead atoms. The molecule has 4 aliphatic rings. The number of alkyl halides is 3. The minimum atomic E-state index is -4.61. The first kappa shape index (κ1) is 23.3. The number of carbonyl (C=O) groups is 2. The highest BCUT2D eigenvalue weighted by Gasteiger charge is 2.82. The first-order chi connectivity index (χ1) is 16.1. The van der Waals surface area contributed by atoms with Gasteiger partial charge in [-0.1, -0.05) is 24.6 Å². The van der Waals surface area contributed by atoms with E-state index in [0.29, 0.717) is 12.8 Å². The molecule has 184 valence electrons. The van der Waals surface area contributed by atoms with Crippen molar-refractivity contribution in [1.29, 1.82) is 0 Å². The Labute approximate surface area is 196 Å². The average Bonchev–Trinajstić information content (AvgIpc) is 3.15. The van der Waals surface area contributed by atoms with Crippen molar-refractivity contribution in [3.05, 3.63) is 41.7 Å². The van der Waals surface area contributed by atoms with Crippen molar-refractivity contribution in [1.82, 2.24) is 9.88 Å². The fourth-order valence-electron chi connectivity index (χ4n) is 7.63. The number of hydrogen-bond donors (Lipinski definition) is 2. The zero-order valence-electron chi connectivity index (χ0n) is 19.1. The molecule has 0 unspecified atom stereocenters. The van der Waals surface area contributed by atoms with E-state index in [-0.39, 0.29) is 22.8 Å². The van der Waals surface area contributed by atoms with Crippen molar-refractivity contribution in [2.75, 3.05) is 19.6 Å². The number of likely N-dealkylation sites (tertiary alicyclic amines) is 1. The Kier molecular flexibility index (Phi) is 5.35. The third kappa shape index (κ3) is 3.01. The van der Waals surface area contributed by atoms with Gasteiger partial charge in [-0.05, 0) is 81.1 Å².